The van der Waals surface area contributed by atoms with Crippen molar-refractivity contribution in [2.45, 2.75) is 33.4 Å². The van der Waals surface area contributed by atoms with E-state index >= 15 is 0 Å². The predicted molar refractivity (Wildman–Crippen MR) is 107 cm³/mol. The maximum atomic E-state index is 11.9. The number of phenols is 1. The van der Waals surface area contributed by atoms with Gasteiger partial charge in [-0.25, -0.2) is 4.79 Å². The van der Waals surface area contributed by atoms with Gasteiger partial charge in [0.25, 0.3) is 0 Å². The molecule has 1 heterocycles. The summed E-state index contributed by atoms with van der Waals surface area (Å²) in [6, 6.07) is 12.5. The fourth-order valence-corrected chi connectivity index (χ4v) is 3.18. The van der Waals surface area contributed by atoms with Gasteiger partial charge in [0, 0.05) is 28.6 Å². The molecule has 6 nitrogen and oxygen atoms in total. The molecule has 1 aromatic heterocycles. The molecule has 0 saturated carbocycles. The Morgan fingerprint density at radius 3 is 2.54 bits per heavy atom. The molecule has 1 atom stereocenters. The normalized spacial score (nSPS) is 12.1. The highest BCUT2D eigenvalue weighted by molar-refractivity contribution is 5.81. The Labute approximate surface area is 163 Å². The molecule has 0 aliphatic carbocycles. The summed E-state index contributed by atoms with van der Waals surface area (Å²) in [4.78, 5) is 11.9. The summed E-state index contributed by atoms with van der Waals surface area (Å²) in [5.41, 5.74) is 1.95. The van der Waals surface area contributed by atoms with E-state index in [0.717, 1.165) is 28.0 Å². The highest BCUT2D eigenvalue weighted by Crippen LogP contribution is 2.30. The second-order valence-electron chi connectivity index (χ2n) is 6.57. The number of rotatable bonds is 8. The van der Waals surface area contributed by atoms with Crippen molar-refractivity contribution in [1.82, 2.24) is 0 Å². The van der Waals surface area contributed by atoms with Gasteiger partial charge in [0.15, 0.2) is 11.5 Å². The molecule has 0 aliphatic heterocycles. The minimum absolute atomic E-state index is 0.0722. The zero-order valence-corrected chi connectivity index (χ0v) is 16.4. The molecule has 0 unspecified atom stereocenters. The third-order valence-electron chi connectivity index (χ3n) is 4.60. The standard InChI is InChI=1S/C22H25NO5/c1-4-26-19-9-6-15(10-21(19)27-5-2)14(3)23-13-16-11-22(25)28-20-12-17(24)7-8-18(16)20/h6-12,14,23-24H,4-5,13H2,1-3H3/p+1/t14-/m1/s1. The number of nitrogens with two attached hydrogens (primary N) is 1. The minimum Gasteiger partial charge on any atom is -0.508 e. The third-order valence-corrected chi connectivity index (χ3v) is 4.60. The summed E-state index contributed by atoms with van der Waals surface area (Å²) in [5.74, 6) is 1.55. The van der Waals surface area contributed by atoms with Gasteiger partial charge in [0.2, 0.25) is 0 Å². The predicted octanol–water partition coefficient (Wildman–Crippen LogP) is 3.12. The monoisotopic (exact) mass is 384 g/mol. The third kappa shape index (κ3) is 4.46. The molecule has 0 bridgehead atoms. The number of quaternary nitrogens is 1. The molecule has 3 N–H and O–H groups in total. The van der Waals surface area contributed by atoms with Crippen molar-refractivity contribution in [3.8, 4) is 17.2 Å². The summed E-state index contributed by atoms with van der Waals surface area (Å²) in [6.45, 7) is 7.75. The molecule has 0 amide bonds. The van der Waals surface area contributed by atoms with E-state index in [1.807, 2.05) is 32.0 Å². The largest absolute Gasteiger partial charge is 0.508 e. The topological polar surface area (TPSA) is 85.5 Å². The molecular weight excluding hydrogens is 358 g/mol. The Morgan fingerprint density at radius 1 is 1.04 bits per heavy atom. The van der Waals surface area contributed by atoms with Crippen molar-refractivity contribution in [2.24, 2.45) is 0 Å². The first-order valence-corrected chi connectivity index (χ1v) is 9.50. The molecular formula is C22H26NO5+. The SMILES string of the molecule is CCOc1ccc([C@@H](C)[NH2+]Cc2cc(=O)oc3cc(O)ccc23)cc1OCC. The van der Waals surface area contributed by atoms with Gasteiger partial charge in [-0.3, -0.25) is 0 Å². The van der Waals surface area contributed by atoms with Crippen molar-refractivity contribution in [3.05, 3.63) is 64.0 Å². The quantitative estimate of drug-likeness (QED) is 0.583. The van der Waals surface area contributed by atoms with E-state index in [4.69, 9.17) is 13.9 Å². The molecule has 28 heavy (non-hydrogen) atoms. The number of hydrogen-bond acceptors (Lipinski definition) is 5. The maximum absolute atomic E-state index is 11.9. The number of fused-ring (bicyclic) bond motifs is 1. The lowest BCUT2D eigenvalue weighted by Gasteiger charge is -2.16. The highest BCUT2D eigenvalue weighted by Gasteiger charge is 2.15. The van der Waals surface area contributed by atoms with E-state index in [1.54, 1.807) is 12.1 Å². The van der Waals surface area contributed by atoms with Gasteiger partial charge in [0.05, 0.1) is 13.2 Å². The van der Waals surface area contributed by atoms with Crippen molar-refractivity contribution < 1.29 is 24.3 Å². The van der Waals surface area contributed by atoms with Crippen LogP contribution in [0.15, 0.2) is 51.7 Å². The van der Waals surface area contributed by atoms with E-state index in [2.05, 4.69) is 12.2 Å². The molecule has 3 rings (SSSR count). The summed E-state index contributed by atoms with van der Waals surface area (Å²) in [5, 5.41) is 12.6. The number of hydrogen-bond donors (Lipinski definition) is 2. The van der Waals surface area contributed by atoms with Crippen molar-refractivity contribution >= 4 is 11.0 Å². The zero-order chi connectivity index (χ0) is 20.1. The Bertz CT molecular complexity index is 1010. The summed E-state index contributed by atoms with van der Waals surface area (Å²) < 4.78 is 16.5. The van der Waals surface area contributed by atoms with Crippen LogP contribution < -0.4 is 20.4 Å². The molecule has 0 aliphatic rings. The van der Waals surface area contributed by atoms with Gasteiger partial charge < -0.3 is 24.3 Å². The van der Waals surface area contributed by atoms with Gasteiger partial charge >= 0.3 is 5.63 Å². The minimum atomic E-state index is -0.422. The lowest BCUT2D eigenvalue weighted by atomic mass is 10.1. The Kier molecular flexibility index (Phi) is 6.21. The number of ether oxygens (including phenoxy) is 2. The Hall–Kier alpha value is -2.99. The lowest BCUT2D eigenvalue weighted by Crippen LogP contribution is -2.83. The van der Waals surface area contributed by atoms with Crippen LogP contribution in [0.3, 0.4) is 0 Å². The molecule has 0 radical (unpaired) electrons. The summed E-state index contributed by atoms with van der Waals surface area (Å²) in [6.07, 6.45) is 0. The summed E-state index contributed by atoms with van der Waals surface area (Å²) in [7, 11) is 0. The average molecular weight is 384 g/mol. The summed E-state index contributed by atoms with van der Waals surface area (Å²) >= 11 is 0. The van der Waals surface area contributed by atoms with Gasteiger partial charge in [-0.15, -0.1) is 0 Å². The van der Waals surface area contributed by atoms with Crippen LogP contribution in [0.4, 0.5) is 0 Å². The average Bonchev–Trinajstić information content (AvgIpc) is 2.67. The maximum Gasteiger partial charge on any atom is 0.336 e. The van der Waals surface area contributed by atoms with Gasteiger partial charge in [-0.05, 0) is 51.1 Å². The van der Waals surface area contributed by atoms with Crippen molar-refractivity contribution in [2.75, 3.05) is 13.2 Å². The molecule has 0 fully saturated rings. The second-order valence-corrected chi connectivity index (χ2v) is 6.57. The highest BCUT2D eigenvalue weighted by atomic mass is 16.5. The zero-order valence-electron chi connectivity index (χ0n) is 16.4. The van der Waals surface area contributed by atoms with Crippen LogP contribution in [0.1, 0.15) is 37.9 Å². The van der Waals surface area contributed by atoms with E-state index in [9.17, 15) is 9.90 Å². The molecule has 2 aromatic carbocycles. The van der Waals surface area contributed by atoms with E-state index in [1.165, 1.54) is 12.1 Å². The first-order chi connectivity index (χ1) is 13.5. The second kappa shape index (κ2) is 8.80. The van der Waals surface area contributed by atoms with Crippen LogP contribution in [-0.4, -0.2) is 18.3 Å². The molecule has 0 saturated heterocycles. The first kappa shape index (κ1) is 19.8. The lowest BCUT2D eigenvalue weighted by molar-refractivity contribution is -0.707. The van der Waals surface area contributed by atoms with Gasteiger partial charge in [-0.1, -0.05) is 0 Å². The molecule has 6 heteroatoms. The fraction of sp³-hybridized carbons (Fsp3) is 0.318. The molecule has 0 spiro atoms. The number of aromatic hydroxyl groups is 1. The van der Waals surface area contributed by atoms with E-state index < -0.39 is 5.63 Å². The van der Waals surface area contributed by atoms with Crippen LogP contribution in [0.2, 0.25) is 0 Å². The van der Waals surface area contributed by atoms with Crippen molar-refractivity contribution in [1.29, 1.82) is 0 Å². The smallest absolute Gasteiger partial charge is 0.336 e. The first-order valence-electron chi connectivity index (χ1n) is 9.50. The Balaban J connectivity index is 1.81. The van der Waals surface area contributed by atoms with E-state index in [-0.39, 0.29) is 11.8 Å². The van der Waals surface area contributed by atoms with Gasteiger partial charge in [-0.2, -0.15) is 0 Å². The van der Waals surface area contributed by atoms with Crippen LogP contribution >= 0.6 is 0 Å². The van der Waals surface area contributed by atoms with Crippen LogP contribution in [0.5, 0.6) is 17.2 Å². The number of benzene rings is 2. The van der Waals surface area contributed by atoms with Gasteiger partial charge in [0.1, 0.15) is 23.9 Å². The fourth-order valence-electron chi connectivity index (χ4n) is 3.18. The van der Waals surface area contributed by atoms with Crippen LogP contribution in [0.25, 0.3) is 11.0 Å². The molecule has 3 aromatic rings. The number of phenolic OH excluding ortho intramolecular Hbond substituents is 1. The molecule has 148 valence electrons. The van der Waals surface area contributed by atoms with E-state index in [0.29, 0.717) is 25.3 Å². The van der Waals surface area contributed by atoms with Crippen molar-refractivity contribution in [3.63, 3.8) is 0 Å². The van der Waals surface area contributed by atoms with Crippen LogP contribution in [-0.2, 0) is 6.54 Å². The van der Waals surface area contributed by atoms with Crippen LogP contribution in [0, 0.1) is 0 Å². The Morgan fingerprint density at radius 2 is 1.79 bits per heavy atom.